The number of ether oxygens (including phenoxy) is 1. The van der Waals surface area contributed by atoms with Crippen molar-refractivity contribution in [3.05, 3.63) is 40.5 Å². The Kier molecular flexibility index (Phi) is 3.37. The fourth-order valence-corrected chi connectivity index (χ4v) is 1.35. The first-order valence-corrected chi connectivity index (χ1v) is 5.06. The summed E-state index contributed by atoms with van der Waals surface area (Å²) in [4.78, 5) is 10.1. The van der Waals surface area contributed by atoms with E-state index in [4.69, 9.17) is 4.74 Å². The molecule has 0 unspecified atom stereocenters. The van der Waals surface area contributed by atoms with Crippen molar-refractivity contribution in [2.24, 2.45) is 5.10 Å². The number of methoxy groups -OCH3 is 1. The van der Waals surface area contributed by atoms with Crippen molar-refractivity contribution < 1.29 is 14.8 Å². The first kappa shape index (κ1) is 12.5. The number of nitrogens with zero attached hydrogens (tertiary/aromatic N) is 5. The molecule has 2 aromatic rings. The van der Waals surface area contributed by atoms with E-state index in [-0.39, 0.29) is 11.3 Å². The minimum Gasteiger partial charge on any atom is -0.502 e. The summed E-state index contributed by atoms with van der Waals surface area (Å²) in [6, 6.07) is 2.56. The molecule has 1 aromatic carbocycles. The van der Waals surface area contributed by atoms with Crippen LogP contribution >= 0.6 is 0 Å². The number of phenolic OH excluding ortho intramolecular Hbond substituents is 1. The highest BCUT2D eigenvalue weighted by molar-refractivity contribution is 5.86. The minimum atomic E-state index is -0.700. The van der Waals surface area contributed by atoms with E-state index in [1.807, 2.05) is 0 Å². The van der Waals surface area contributed by atoms with Gasteiger partial charge in [0.25, 0.3) is 0 Å². The van der Waals surface area contributed by atoms with Gasteiger partial charge < -0.3 is 9.84 Å². The molecule has 0 aliphatic carbocycles. The van der Waals surface area contributed by atoms with Crippen LogP contribution in [0.5, 0.6) is 11.5 Å². The molecule has 0 atom stereocenters. The summed E-state index contributed by atoms with van der Waals surface area (Å²) in [6.07, 6.45) is 3.92. The molecular weight excluding hydrogens is 254 g/mol. The van der Waals surface area contributed by atoms with Gasteiger partial charge >= 0.3 is 5.69 Å². The zero-order valence-corrected chi connectivity index (χ0v) is 9.79. The topological polar surface area (TPSA) is 116 Å². The lowest BCUT2D eigenvalue weighted by Crippen LogP contribution is -1.95. The number of hydrogen-bond donors (Lipinski definition) is 1. The minimum absolute atomic E-state index is 0.153. The van der Waals surface area contributed by atoms with Crippen LogP contribution < -0.4 is 4.74 Å². The molecule has 9 nitrogen and oxygen atoms in total. The van der Waals surface area contributed by atoms with E-state index in [1.54, 1.807) is 0 Å². The van der Waals surface area contributed by atoms with Crippen molar-refractivity contribution in [2.75, 3.05) is 7.11 Å². The monoisotopic (exact) mass is 263 g/mol. The zero-order chi connectivity index (χ0) is 13.8. The number of nitro benzene ring substituents is 1. The highest BCUT2D eigenvalue weighted by Gasteiger charge is 2.18. The van der Waals surface area contributed by atoms with Gasteiger partial charge in [-0.2, -0.15) is 5.10 Å². The van der Waals surface area contributed by atoms with Gasteiger partial charge in [0, 0.05) is 5.56 Å². The second kappa shape index (κ2) is 5.12. The van der Waals surface area contributed by atoms with Crippen molar-refractivity contribution in [1.29, 1.82) is 0 Å². The largest absolute Gasteiger partial charge is 0.502 e. The van der Waals surface area contributed by atoms with E-state index in [9.17, 15) is 15.2 Å². The normalized spacial score (nSPS) is 10.8. The summed E-state index contributed by atoms with van der Waals surface area (Å²) in [5, 5.41) is 31.6. The highest BCUT2D eigenvalue weighted by Crippen LogP contribution is 2.33. The number of hydrogen-bond acceptors (Lipinski definition) is 7. The Bertz CT molecular complexity index is 623. The van der Waals surface area contributed by atoms with Crippen molar-refractivity contribution in [2.45, 2.75) is 0 Å². The molecule has 2 rings (SSSR count). The van der Waals surface area contributed by atoms with E-state index < -0.39 is 16.4 Å². The fraction of sp³-hybridized carbons (Fsp3) is 0.100. The second-order valence-electron chi connectivity index (χ2n) is 3.43. The van der Waals surface area contributed by atoms with Gasteiger partial charge in [-0.05, 0) is 6.07 Å². The number of nitro groups is 1. The average molecular weight is 263 g/mol. The molecule has 0 bridgehead atoms. The van der Waals surface area contributed by atoms with Crippen LogP contribution in [-0.4, -0.2) is 38.2 Å². The Morgan fingerprint density at radius 2 is 2.16 bits per heavy atom. The van der Waals surface area contributed by atoms with Gasteiger partial charge in [-0.15, -0.1) is 10.2 Å². The van der Waals surface area contributed by atoms with Crippen molar-refractivity contribution in [3.63, 3.8) is 0 Å². The van der Waals surface area contributed by atoms with Gasteiger partial charge in [0.1, 0.15) is 18.4 Å². The predicted octanol–water partition coefficient (Wildman–Crippen LogP) is 0.783. The number of phenols is 1. The molecule has 0 spiro atoms. The molecule has 0 saturated heterocycles. The molecule has 0 radical (unpaired) electrons. The third kappa shape index (κ3) is 2.65. The zero-order valence-electron chi connectivity index (χ0n) is 9.79. The van der Waals surface area contributed by atoms with Crippen LogP contribution in [0.3, 0.4) is 0 Å². The van der Waals surface area contributed by atoms with E-state index in [0.717, 1.165) is 6.07 Å². The molecule has 19 heavy (non-hydrogen) atoms. The SMILES string of the molecule is COc1cc(/C=N\n2cnnc2)c(O)c([N+](=O)[O-])c1. The molecule has 0 aliphatic rings. The van der Waals surface area contributed by atoms with E-state index in [1.165, 1.54) is 36.7 Å². The average Bonchev–Trinajstić information content (AvgIpc) is 2.90. The van der Waals surface area contributed by atoms with Crippen LogP contribution in [0.2, 0.25) is 0 Å². The molecule has 1 heterocycles. The number of rotatable bonds is 4. The predicted molar refractivity (Wildman–Crippen MR) is 64.3 cm³/mol. The summed E-state index contributed by atoms with van der Waals surface area (Å²) in [7, 11) is 1.37. The first-order valence-electron chi connectivity index (χ1n) is 5.06. The van der Waals surface area contributed by atoms with Gasteiger partial charge in [-0.25, -0.2) is 4.68 Å². The van der Waals surface area contributed by atoms with Gasteiger partial charge in [-0.3, -0.25) is 10.1 Å². The quantitative estimate of drug-likeness (QED) is 0.495. The van der Waals surface area contributed by atoms with Crippen LogP contribution in [0.25, 0.3) is 0 Å². The molecule has 0 fully saturated rings. The molecule has 1 N–H and O–H groups in total. The Morgan fingerprint density at radius 3 is 2.74 bits per heavy atom. The summed E-state index contributed by atoms with van der Waals surface area (Å²) < 4.78 is 6.21. The standard InChI is InChI=1S/C10H9N5O4/c1-19-8-2-7(4-13-14-5-11-12-6-14)10(16)9(3-8)15(17)18/h2-6,16H,1H3/b13-4-. The van der Waals surface area contributed by atoms with Crippen molar-refractivity contribution in [1.82, 2.24) is 14.9 Å². The lowest BCUT2D eigenvalue weighted by molar-refractivity contribution is -0.385. The molecule has 9 heteroatoms. The van der Waals surface area contributed by atoms with Crippen LogP contribution in [0, 0.1) is 10.1 Å². The van der Waals surface area contributed by atoms with Crippen LogP contribution in [0.4, 0.5) is 5.69 Å². The third-order valence-electron chi connectivity index (χ3n) is 2.26. The fourth-order valence-electron chi connectivity index (χ4n) is 1.35. The third-order valence-corrected chi connectivity index (χ3v) is 2.26. The Hall–Kier alpha value is -2.97. The highest BCUT2D eigenvalue weighted by atomic mass is 16.6. The Morgan fingerprint density at radius 1 is 1.47 bits per heavy atom. The van der Waals surface area contributed by atoms with E-state index >= 15 is 0 Å². The number of aromatic hydroxyl groups is 1. The second-order valence-corrected chi connectivity index (χ2v) is 3.43. The lowest BCUT2D eigenvalue weighted by Gasteiger charge is -2.04. The smallest absolute Gasteiger partial charge is 0.315 e. The summed E-state index contributed by atoms with van der Waals surface area (Å²) in [5.41, 5.74) is -0.302. The van der Waals surface area contributed by atoms with Crippen LogP contribution in [-0.2, 0) is 0 Å². The molecule has 0 saturated carbocycles. The first-order chi connectivity index (χ1) is 9.11. The van der Waals surface area contributed by atoms with E-state index in [2.05, 4.69) is 15.3 Å². The Balaban J connectivity index is 2.44. The molecule has 1 aromatic heterocycles. The van der Waals surface area contributed by atoms with Crippen LogP contribution in [0.1, 0.15) is 5.56 Å². The molecular formula is C10H9N5O4. The number of benzene rings is 1. The maximum atomic E-state index is 10.8. The van der Waals surface area contributed by atoms with E-state index in [0.29, 0.717) is 0 Å². The Labute approximate surface area is 106 Å². The van der Waals surface area contributed by atoms with Gasteiger partial charge in [0.05, 0.1) is 24.3 Å². The van der Waals surface area contributed by atoms with Gasteiger partial charge in [-0.1, -0.05) is 0 Å². The lowest BCUT2D eigenvalue weighted by atomic mass is 10.1. The summed E-state index contributed by atoms with van der Waals surface area (Å²) in [5.74, 6) is -0.239. The maximum absolute atomic E-state index is 10.8. The van der Waals surface area contributed by atoms with Crippen molar-refractivity contribution in [3.8, 4) is 11.5 Å². The van der Waals surface area contributed by atoms with Crippen molar-refractivity contribution >= 4 is 11.9 Å². The molecule has 0 amide bonds. The van der Waals surface area contributed by atoms with Gasteiger partial charge in [0.15, 0.2) is 0 Å². The van der Waals surface area contributed by atoms with Crippen LogP contribution in [0.15, 0.2) is 29.9 Å². The summed E-state index contributed by atoms with van der Waals surface area (Å²) in [6.45, 7) is 0. The molecule has 98 valence electrons. The number of aromatic nitrogens is 3. The van der Waals surface area contributed by atoms with Gasteiger partial charge in [0.2, 0.25) is 5.75 Å². The summed E-state index contributed by atoms with van der Waals surface area (Å²) >= 11 is 0. The molecule has 0 aliphatic heterocycles. The maximum Gasteiger partial charge on any atom is 0.315 e.